The summed E-state index contributed by atoms with van der Waals surface area (Å²) in [4.78, 5) is 0. The Kier molecular flexibility index (Phi) is 8.60. The quantitative estimate of drug-likeness (QED) is 0.451. The van der Waals surface area contributed by atoms with Gasteiger partial charge in [0.2, 0.25) is 0 Å². The molecule has 2 rings (SSSR count). The number of nitrogens with zero attached hydrogens (tertiary/aromatic N) is 1. The molecule has 0 bridgehead atoms. The molecule has 2 saturated carbocycles. The van der Waals surface area contributed by atoms with Crippen molar-refractivity contribution in [1.82, 2.24) is 0 Å². The van der Waals surface area contributed by atoms with E-state index in [1.54, 1.807) is 7.11 Å². The highest BCUT2D eigenvalue weighted by molar-refractivity contribution is 5.02. The van der Waals surface area contributed by atoms with Crippen LogP contribution < -0.4 is 0 Å². The summed E-state index contributed by atoms with van der Waals surface area (Å²) in [6.07, 6.45) is 19.1. The predicted molar refractivity (Wildman–Crippen MR) is 101 cm³/mol. The van der Waals surface area contributed by atoms with Crippen LogP contribution in [0.3, 0.4) is 0 Å². The van der Waals surface area contributed by atoms with Gasteiger partial charge in [-0.05, 0) is 56.3 Å². The van der Waals surface area contributed by atoms with Gasteiger partial charge in [0.05, 0.1) is 18.1 Å². The van der Waals surface area contributed by atoms with Crippen LogP contribution in [-0.4, -0.2) is 13.7 Å². The minimum absolute atomic E-state index is 0.180. The summed E-state index contributed by atoms with van der Waals surface area (Å²) in [5.74, 6) is 2.84. The highest BCUT2D eigenvalue weighted by Gasteiger charge is 2.38. The molecule has 2 aliphatic carbocycles. The molecular weight excluding hydrogens is 294 g/mol. The average Bonchev–Trinajstić information content (AvgIpc) is 2.63. The van der Waals surface area contributed by atoms with Crippen molar-refractivity contribution in [3.8, 4) is 6.07 Å². The summed E-state index contributed by atoms with van der Waals surface area (Å²) < 4.78 is 5.31. The van der Waals surface area contributed by atoms with Gasteiger partial charge in [-0.15, -0.1) is 0 Å². The van der Waals surface area contributed by atoms with Crippen molar-refractivity contribution in [1.29, 1.82) is 5.26 Å². The number of ether oxygens (including phenoxy) is 1. The van der Waals surface area contributed by atoms with Gasteiger partial charge in [0, 0.05) is 7.11 Å². The number of hydrogen-bond donors (Lipinski definition) is 0. The molecule has 0 spiro atoms. The lowest BCUT2D eigenvalue weighted by atomic mass is 9.65. The highest BCUT2D eigenvalue weighted by Crippen LogP contribution is 2.46. The number of methoxy groups -OCH3 is 1. The minimum atomic E-state index is -0.180. The molecule has 0 heterocycles. The molecule has 0 aliphatic heterocycles. The van der Waals surface area contributed by atoms with Gasteiger partial charge in [0.25, 0.3) is 0 Å². The van der Waals surface area contributed by atoms with E-state index in [1.807, 2.05) is 0 Å². The van der Waals surface area contributed by atoms with E-state index in [1.165, 1.54) is 77.0 Å². The van der Waals surface area contributed by atoms with Gasteiger partial charge in [-0.2, -0.15) is 5.26 Å². The van der Waals surface area contributed by atoms with E-state index in [4.69, 9.17) is 4.74 Å². The van der Waals surface area contributed by atoms with E-state index in [2.05, 4.69) is 13.0 Å². The maximum atomic E-state index is 9.51. The second-order valence-electron chi connectivity index (χ2n) is 8.65. The molecule has 2 aliphatic rings. The first-order valence-corrected chi connectivity index (χ1v) is 10.6. The zero-order chi connectivity index (χ0) is 17.3. The van der Waals surface area contributed by atoms with Crippen LogP contribution in [-0.2, 0) is 4.74 Å². The molecule has 0 atom stereocenters. The Balaban J connectivity index is 1.64. The molecule has 2 heteroatoms. The fourth-order valence-corrected chi connectivity index (χ4v) is 5.21. The van der Waals surface area contributed by atoms with Crippen molar-refractivity contribution in [3.63, 3.8) is 0 Å². The Bertz CT molecular complexity index is 370. The lowest BCUT2D eigenvalue weighted by Crippen LogP contribution is -2.33. The van der Waals surface area contributed by atoms with E-state index in [-0.39, 0.29) is 5.41 Å². The molecule has 0 aromatic carbocycles. The molecule has 0 saturated heterocycles. The zero-order valence-electron chi connectivity index (χ0n) is 16.2. The Labute approximate surface area is 150 Å². The minimum Gasteiger partial charge on any atom is -0.383 e. The molecule has 0 unspecified atom stereocenters. The molecule has 2 fully saturated rings. The maximum Gasteiger partial charge on any atom is 0.0807 e. The molecular formula is C22H39NO. The highest BCUT2D eigenvalue weighted by atomic mass is 16.5. The third-order valence-electron chi connectivity index (χ3n) is 6.92. The van der Waals surface area contributed by atoms with E-state index in [9.17, 15) is 5.26 Å². The third kappa shape index (κ3) is 5.76. The molecule has 0 aromatic heterocycles. The first-order chi connectivity index (χ1) is 11.7. The SMILES string of the molecule is CCCCCCCC1CCC(C2CCC(C#N)(COC)CC2)CC1. The number of nitriles is 1. The second kappa shape index (κ2) is 10.4. The van der Waals surface area contributed by atoms with Gasteiger partial charge in [0.15, 0.2) is 0 Å². The summed E-state index contributed by atoms with van der Waals surface area (Å²) >= 11 is 0. The maximum absolute atomic E-state index is 9.51. The molecule has 24 heavy (non-hydrogen) atoms. The van der Waals surface area contributed by atoms with Gasteiger partial charge >= 0.3 is 0 Å². The summed E-state index contributed by atoms with van der Waals surface area (Å²) in [5.41, 5.74) is -0.180. The number of hydrogen-bond acceptors (Lipinski definition) is 2. The summed E-state index contributed by atoms with van der Waals surface area (Å²) in [5, 5.41) is 9.51. The molecule has 0 amide bonds. The summed E-state index contributed by atoms with van der Waals surface area (Å²) in [6.45, 7) is 2.92. The van der Waals surface area contributed by atoms with Crippen molar-refractivity contribution >= 4 is 0 Å². The lowest BCUT2D eigenvalue weighted by molar-refractivity contribution is 0.0555. The van der Waals surface area contributed by atoms with Crippen LogP contribution in [0, 0.1) is 34.5 Å². The Morgan fingerprint density at radius 3 is 2.12 bits per heavy atom. The summed E-state index contributed by atoms with van der Waals surface area (Å²) in [6, 6.07) is 2.56. The van der Waals surface area contributed by atoms with Gasteiger partial charge in [-0.3, -0.25) is 0 Å². The average molecular weight is 334 g/mol. The Morgan fingerprint density at radius 1 is 0.917 bits per heavy atom. The zero-order valence-corrected chi connectivity index (χ0v) is 16.2. The topological polar surface area (TPSA) is 33.0 Å². The van der Waals surface area contributed by atoms with E-state index >= 15 is 0 Å². The fraction of sp³-hybridized carbons (Fsp3) is 0.955. The van der Waals surface area contributed by atoms with Crippen LogP contribution in [0.4, 0.5) is 0 Å². The largest absolute Gasteiger partial charge is 0.383 e. The molecule has 138 valence electrons. The van der Waals surface area contributed by atoms with Crippen LogP contribution in [0.25, 0.3) is 0 Å². The van der Waals surface area contributed by atoms with Crippen molar-refractivity contribution in [3.05, 3.63) is 0 Å². The smallest absolute Gasteiger partial charge is 0.0807 e. The normalized spacial score (nSPS) is 34.0. The van der Waals surface area contributed by atoms with Crippen LogP contribution in [0.2, 0.25) is 0 Å². The van der Waals surface area contributed by atoms with Crippen molar-refractivity contribution in [2.75, 3.05) is 13.7 Å². The van der Waals surface area contributed by atoms with Crippen LogP contribution in [0.15, 0.2) is 0 Å². The predicted octanol–water partition coefficient (Wildman–Crippen LogP) is 6.50. The van der Waals surface area contributed by atoms with Gasteiger partial charge in [-0.1, -0.05) is 58.3 Å². The molecule has 0 N–H and O–H groups in total. The van der Waals surface area contributed by atoms with Crippen LogP contribution in [0.5, 0.6) is 0 Å². The Hall–Kier alpha value is -0.550. The molecule has 2 nitrogen and oxygen atoms in total. The first kappa shape index (κ1) is 19.8. The van der Waals surface area contributed by atoms with Crippen LogP contribution in [0.1, 0.15) is 96.8 Å². The molecule has 0 aromatic rings. The first-order valence-electron chi connectivity index (χ1n) is 10.6. The van der Waals surface area contributed by atoms with Crippen molar-refractivity contribution in [2.45, 2.75) is 96.8 Å². The van der Waals surface area contributed by atoms with E-state index in [0.717, 1.165) is 30.6 Å². The fourth-order valence-electron chi connectivity index (χ4n) is 5.21. The van der Waals surface area contributed by atoms with Crippen molar-refractivity contribution < 1.29 is 4.74 Å². The van der Waals surface area contributed by atoms with Gasteiger partial charge in [-0.25, -0.2) is 0 Å². The lowest BCUT2D eigenvalue weighted by Gasteiger charge is -2.40. The van der Waals surface area contributed by atoms with Gasteiger partial charge < -0.3 is 4.74 Å². The van der Waals surface area contributed by atoms with E-state index in [0.29, 0.717) is 6.61 Å². The molecule has 0 radical (unpaired) electrons. The monoisotopic (exact) mass is 333 g/mol. The third-order valence-corrected chi connectivity index (χ3v) is 6.92. The van der Waals surface area contributed by atoms with Crippen LogP contribution >= 0.6 is 0 Å². The van der Waals surface area contributed by atoms with E-state index < -0.39 is 0 Å². The number of unbranched alkanes of at least 4 members (excludes halogenated alkanes) is 4. The van der Waals surface area contributed by atoms with Gasteiger partial charge in [0.1, 0.15) is 0 Å². The van der Waals surface area contributed by atoms with Crippen molar-refractivity contribution in [2.24, 2.45) is 23.2 Å². The number of rotatable bonds is 9. The Morgan fingerprint density at radius 2 is 1.54 bits per heavy atom. The summed E-state index contributed by atoms with van der Waals surface area (Å²) in [7, 11) is 1.73. The second-order valence-corrected chi connectivity index (χ2v) is 8.65. The standard InChI is InChI=1S/C22H39NO/c1-3-4-5-6-7-8-19-9-11-20(12-10-19)21-13-15-22(17-23,16-14-21)18-24-2/h19-21H,3-16,18H2,1-2H3.